The van der Waals surface area contributed by atoms with Gasteiger partial charge in [0.25, 0.3) is 5.91 Å². The number of benzene rings is 1. The lowest BCUT2D eigenvalue weighted by atomic mass is 10.2. The number of hydrogen-bond acceptors (Lipinski definition) is 4. The van der Waals surface area contributed by atoms with Crippen LogP contribution in [0, 0.1) is 5.82 Å². The molecule has 0 spiro atoms. The lowest BCUT2D eigenvalue weighted by Gasteiger charge is -2.35. The normalized spacial score (nSPS) is 20.1. The first kappa shape index (κ1) is 19.5. The number of nitrogens with one attached hydrogen (secondary N) is 1. The van der Waals surface area contributed by atoms with Crippen LogP contribution in [0.15, 0.2) is 24.3 Å². The topological polar surface area (TPSA) is 61.9 Å². The second-order valence-electron chi connectivity index (χ2n) is 6.10. The molecule has 0 radical (unpaired) electrons. The molecule has 1 aromatic rings. The molecule has 2 heterocycles. The Hall–Kier alpha value is -1.86. The molecule has 1 aromatic carbocycles. The van der Waals surface area contributed by atoms with E-state index in [9.17, 15) is 14.0 Å². The van der Waals surface area contributed by atoms with Crippen molar-refractivity contribution >= 4 is 24.2 Å². The molecular weight excluding hydrogens is 349 g/mol. The average molecular weight is 372 g/mol. The Morgan fingerprint density at radius 3 is 2.36 bits per heavy atom. The van der Waals surface area contributed by atoms with E-state index in [0.717, 1.165) is 19.4 Å². The number of carbonyl (C=O) groups excluding carboxylic acids is 2. The van der Waals surface area contributed by atoms with Gasteiger partial charge in [0.1, 0.15) is 11.6 Å². The van der Waals surface area contributed by atoms with Crippen molar-refractivity contribution in [1.29, 1.82) is 0 Å². The molecule has 1 N–H and O–H groups in total. The molecule has 8 heteroatoms. The van der Waals surface area contributed by atoms with Crippen molar-refractivity contribution in [3.8, 4) is 5.75 Å². The first-order valence-corrected chi connectivity index (χ1v) is 8.32. The number of amides is 2. The van der Waals surface area contributed by atoms with Crippen molar-refractivity contribution in [3.05, 3.63) is 30.1 Å². The van der Waals surface area contributed by atoms with E-state index >= 15 is 0 Å². The number of rotatable bonds is 4. The van der Waals surface area contributed by atoms with Crippen molar-refractivity contribution in [2.45, 2.75) is 18.9 Å². The fourth-order valence-electron chi connectivity index (χ4n) is 3.06. The van der Waals surface area contributed by atoms with Crippen LogP contribution in [0.5, 0.6) is 5.75 Å². The second kappa shape index (κ2) is 9.01. The summed E-state index contributed by atoms with van der Waals surface area (Å²) in [6, 6.07) is 5.51. The minimum absolute atomic E-state index is 0. The third-order valence-corrected chi connectivity index (χ3v) is 4.48. The van der Waals surface area contributed by atoms with E-state index in [0.29, 0.717) is 31.9 Å². The largest absolute Gasteiger partial charge is 0.484 e. The lowest BCUT2D eigenvalue weighted by Crippen LogP contribution is -2.54. The van der Waals surface area contributed by atoms with E-state index < -0.39 is 0 Å². The van der Waals surface area contributed by atoms with E-state index in [4.69, 9.17) is 4.74 Å². The van der Waals surface area contributed by atoms with Gasteiger partial charge in [-0.3, -0.25) is 9.59 Å². The minimum Gasteiger partial charge on any atom is -0.484 e. The van der Waals surface area contributed by atoms with Gasteiger partial charge in [0.2, 0.25) is 5.91 Å². The van der Waals surface area contributed by atoms with Crippen molar-refractivity contribution in [2.75, 3.05) is 39.3 Å². The molecule has 3 rings (SSSR count). The number of halogens is 2. The minimum atomic E-state index is -0.341. The molecule has 0 bridgehead atoms. The molecule has 2 saturated heterocycles. The quantitative estimate of drug-likeness (QED) is 0.859. The van der Waals surface area contributed by atoms with Crippen molar-refractivity contribution in [1.82, 2.24) is 15.1 Å². The summed E-state index contributed by atoms with van der Waals surface area (Å²) in [5.41, 5.74) is 0. The highest BCUT2D eigenvalue weighted by Gasteiger charge is 2.30. The second-order valence-corrected chi connectivity index (χ2v) is 6.10. The van der Waals surface area contributed by atoms with Crippen LogP contribution in [0.25, 0.3) is 0 Å². The Labute approximate surface area is 152 Å². The summed E-state index contributed by atoms with van der Waals surface area (Å²) in [5.74, 6) is 0.143. The molecule has 2 aliphatic heterocycles. The fourth-order valence-corrected chi connectivity index (χ4v) is 3.06. The molecule has 0 aromatic heterocycles. The smallest absolute Gasteiger partial charge is 0.260 e. The zero-order valence-electron chi connectivity index (χ0n) is 13.9. The van der Waals surface area contributed by atoms with Crippen LogP contribution in [-0.4, -0.2) is 67.0 Å². The monoisotopic (exact) mass is 371 g/mol. The summed E-state index contributed by atoms with van der Waals surface area (Å²) >= 11 is 0. The van der Waals surface area contributed by atoms with Crippen LogP contribution >= 0.6 is 12.4 Å². The van der Waals surface area contributed by atoms with Gasteiger partial charge < -0.3 is 19.9 Å². The maximum Gasteiger partial charge on any atom is 0.260 e. The summed E-state index contributed by atoms with van der Waals surface area (Å²) in [6.07, 6.45) is 1.93. The van der Waals surface area contributed by atoms with Crippen molar-refractivity contribution < 1.29 is 18.7 Å². The number of hydrogen-bond donors (Lipinski definition) is 1. The van der Waals surface area contributed by atoms with Crippen LogP contribution in [0.4, 0.5) is 4.39 Å². The fraction of sp³-hybridized carbons (Fsp3) is 0.529. The summed E-state index contributed by atoms with van der Waals surface area (Å²) in [6.45, 7) is 2.96. The molecule has 2 fully saturated rings. The summed E-state index contributed by atoms with van der Waals surface area (Å²) in [7, 11) is 0. The molecule has 6 nitrogen and oxygen atoms in total. The van der Waals surface area contributed by atoms with Crippen LogP contribution in [-0.2, 0) is 9.59 Å². The van der Waals surface area contributed by atoms with E-state index in [1.807, 2.05) is 4.90 Å². The van der Waals surface area contributed by atoms with Gasteiger partial charge in [0, 0.05) is 26.2 Å². The highest BCUT2D eigenvalue weighted by atomic mass is 35.5. The Balaban J connectivity index is 0.00000225. The summed E-state index contributed by atoms with van der Waals surface area (Å²) < 4.78 is 18.2. The number of piperazine rings is 1. The van der Waals surface area contributed by atoms with Gasteiger partial charge in [-0.1, -0.05) is 0 Å². The van der Waals surface area contributed by atoms with E-state index in [2.05, 4.69) is 5.32 Å². The average Bonchev–Trinajstić information content (AvgIpc) is 3.15. The first-order valence-electron chi connectivity index (χ1n) is 8.32. The predicted molar refractivity (Wildman–Crippen MR) is 93.3 cm³/mol. The molecule has 2 amide bonds. The third kappa shape index (κ3) is 5.06. The van der Waals surface area contributed by atoms with Gasteiger partial charge in [-0.15, -0.1) is 12.4 Å². The van der Waals surface area contributed by atoms with Crippen LogP contribution < -0.4 is 10.1 Å². The highest BCUT2D eigenvalue weighted by Crippen LogP contribution is 2.13. The molecule has 0 aliphatic carbocycles. The Kier molecular flexibility index (Phi) is 7.01. The summed E-state index contributed by atoms with van der Waals surface area (Å²) in [4.78, 5) is 28.0. The molecule has 2 aliphatic rings. The molecule has 138 valence electrons. The first-order chi connectivity index (χ1) is 11.6. The van der Waals surface area contributed by atoms with Crippen molar-refractivity contribution in [3.63, 3.8) is 0 Å². The highest BCUT2D eigenvalue weighted by molar-refractivity contribution is 5.85. The molecule has 0 saturated carbocycles. The molecule has 25 heavy (non-hydrogen) atoms. The molecular formula is C17H23ClFN3O3. The zero-order valence-corrected chi connectivity index (χ0v) is 14.8. The number of nitrogens with zero attached hydrogens (tertiary/aromatic N) is 2. The lowest BCUT2D eigenvalue weighted by molar-refractivity contribution is -0.141. The van der Waals surface area contributed by atoms with Gasteiger partial charge in [0.15, 0.2) is 6.61 Å². The maximum atomic E-state index is 12.8. The van der Waals surface area contributed by atoms with Gasteiger partial charge in [0.05, 0.1) is 6.04 Å². The van der Waals surface area contributed by atoms with Gasteiger partial charge >= 0.3 is 0 Å². The van der Waals surface area contributed by atoms with Crippen LogP contribution in [0.1, 0.15) is 12.8 Å². The number of ether oxygens (including phenoxy) is 1. The molecule has 1 unspecified atom stereocenters. The van der Waals surface area contributed by atoms with Crippen LogP contribution in [0.2, 0.25) is 0 Å². The van der Waals surface area contributed by atoms with Gasteiger partial charge in [-0.2, -0.15) is 0 Å². The van der Waals surface area contributed by atoms with E-state index in [1.165, 1.54) is 24.3 Å². The maximum absolute atomic E-state index is 12.8. The Morgan fingerprint density at radius 2 is 1.76 bits per heavy atom. The van der Waals surface area contributed by atoms with Crippen LogP contribution in [0.3, 0.4) is 0 Å². The standard InChI is InChI=1S/C17H22FN3O3.ClH/c18-13-3-5-14(6-4-13)24-12-16(22)20-8-10-21(11-9-20)17(23)15-2-1-7-19-15;/h3-6,15,19H,1-2,7-12H2;1H. The predicted octanol–water partition coefficient (Wildman–Crippen LogP) is 1.05. The van der Waals surface area contributed by atoms with E-state index in [1.54, 1.807) is 4.90 Å². The van der Waals surface area contributed by atoms with E-state index in [-0.39, 0.29) is 42.7 Å². The SMILES string of the molecule is Cl.O=C(COc1ccc(F)cc1)N1CCN(C(=O)C2CCCN2)CC1. The van der Waals surface area contributed by atoms with Gasteiger partial charge in [-0.05, 0) is 43.7 Å². The summed E-state index contributed by atoms with van der Waals surface area (Å²) in [5, 5.41) is 3.21. The van der Waals surface area contributed by atoms with Crippen molar-refractivity contribution in [2.24, 2.45) is 0 Å². The Bertz CT molecular complexity index is 585. The number of carbonyl (C=O) groups is 2. The van der Waals surface area contributed by atoms with Gasteiger partial charge in [-0.25, -0.2) is 4.39 Å². The third-order valence-electron chi connectivity index (χ3n) is 4.48. The zero-order chi connectivity index (χ0) is 16.9. The Morgan fingerprint density at radius 1 is 1.12 bits per heavy atom. The molecule has 1 atom stereocenters.